The lowest BCUT2D eigenvalue weighted by molar-refractivity contribution is 0.283. The van der Waals surface area contributed by atoms with Crippen molar-refractivity contribution >= 4 is 27.8 Å². The third kappa shape index (κ3) is 3.84. The van der Waals surface area contributed by atoms with E-state index in [1.165, 1.54) is 4.88 Å². The molecule has 2 heterocycles. The summed E-state index contributed by atoms with van der Waals surface area (Å²) in [7, 11) is 0. The summed E-state index contributed by atoms with van der Waals surface area (Å²) in [6, 6.07) is 4.63. The zero-order valence-corrected chi connectivity index (χ0v) is 14.8. The van der Waals surface area contributed by atoms with Crippen LogP contribution >= 0.6 is 22.7 Å². The molecule has 0 amide bonds. The molecule has 1 unspecified atom stereocenters. The van der Waals surface area contributed by atoms with Gasteiger partial charge in [0.25, 0.3) is 0 Å². The third-order valence-electron chi connectivity index (χ3n) is 3.71. The van der Waals surface area contributed by atoms with Crippen molar-refractivity contribution in [1.29, 1.82) is 0 Å². The molecule has 0 aromatic carbocycles. The van der Waals surface area contributed by atoms with Crippen LogP contribution in [0.4, 0.5) is 5.13 Å². The molecule has 2 aromatic rings. The van der Waals surface area contributed by atoms with Gasteiger partial charge in [0.15, 0.2) is 5.13 Å². The summed E-state index contributed by atoms with van der Waals surface area (Å²) in [5.74, 6) is 0.396. The molecule has 116 valence electrons. The van der Waals surface area contributed by atoms with Crippen LogP contribution in [0.3, 0.4) is 0 Å². The third-order valence-corrected chi connectivity index (χ3v) is 5.67. The fraction of sp³-hybridized carbons (Fsp3) is 0.562. The van der Waals surface area contributed by atoms with Crippen molar-refractivity contribution < 1.29 is 5.11 Å². The van der Waals surface area contributed by atoms with Crippen LogP contribution in [0.2, 0.25) is 0 Å². The van der Waals surface area contributed by atoms with E-state index < -0.39 is 0 Å². The van der Waals surface area contributed by atoms with Gasteiger partial charge in [0, 0.05) is 10.9 Å². The number of anilines is 1. The lowest BCUT2D eigenvalue weighted by atomic mass is 10.0. The summed E-state index contributed by atoms with van der Waals surface area (Å²) in [5, 5.41) is 12.7. The van der Waals surface area contributed by atoms with Gasteiger partial charge in [-0.1, -0.05) is 31.3 Å². The van der Waals surface area contributed by atoms with Crippen LogP contribution in [0.5, 0.6) is 0 Å². The lowest BCUT2D eigenvalue weighted by Gasteiger charge is -2.25. The maximum absolute atomic E-state index is 9.61. The number of hydrogen-bond donors (Lipinski definition) is 1. The Morgan fingerprint density at radius 1 is 1.33 bits per heavy atom. The Kier molecular flexibility index (Phi) is 5.79. The second-order valence-corrected chi connectivity index (χ2v) is 7.67. The number of thiazole rings is 1. The van der Waals surface area contributed by atoms with E-state index >= 15 is 0 Å². The molecule has 0 aliphatic carbocycles. The smallest absolute Gasteiger partial charge is 0.186 e. The highest BCUT2D eigenvalue weighted by atomic mass is 32.1. The summed E-state index contributed by atoms with van der Waals surface area (Å²) in [6.45, 7) is 9.69. The van der Waals surface area contributed by atoms with Crippen LogP contribution in [0.1, 0.15) is 55.5 Å². The predicted octanol–water partition coefficient (Wildman–Crippen LogP) is 4.63. The second-order valence-electron chi connectivity index (χ2n) is 5.57. The average Bonchev–Trinajstić information content (AvgIpc) is 3.12. The van der Waals surface area contributed by atoms with Crippen LogP contribution < -0.4 is 4.90 Å². The Hall–Kier alpha value is -0.910. The van der Waals surface area contributed by atoms with Gasteiger partial charge < -0.3 is 10.0 Å². The number of hydrogen-bond acceptors (Lipinski definition) is 5. The minimum Gasteiger partial charge on any atom is -0.391 e. The average molecular weight is 325 g/mol. The highest BCUT2D eigenvalue weighted by Crippen LogP contribution is 2.34. The minimum atomic E-state index is 0.0856. The zero-order valence-electron chi connectivity index (χ0n) is 13.2. The molecule has 5 heteroatoms. The first kappa shape index (κ1) is 16.5. The van der Waals surface area contributed by atoms with E-state index in [0.717, 1.165) is 28.7 Å². The number of aliphatic hydroxyl groups excluding tert-OH is 1. The molecule has 1 N–H and O–H groups in total. The highest BCUT2D eigenvalue weighted by Gasteiger charge is 2.21. The maximum Gasteiger partial charge on any atom is 0.186 e. The van der Waals surface area contributed by atoms with Crippen molar-refractivity contribution in [1.82, 2.24) is 4.98 Å². The van der Waals surface area contributed by atoms with E-state index in [4.69, 9.17) is 4.98 Å². The number of aliphatic hydroxyl groups is 1. The van der Waals surface area contributed by atoms with Gasteiger partial charge >= 0.3 is 0 Å². The van der Waals surface area contributed by atoms with E-state index in [0.29, 0.717) is 12.0 Å². The fourth-order valence-electron chi connectivity index (χ4n) is 2.21. The molecule has 0 fully saturated rings. The second kappa shape index (κ2) is 7.38. The molecule has 21 heavy (non-hydrogen) atoms. The minimum absolute atomic E-state index is 0.0856. The van der Waals surface area contributed by atoms with E-state index in [-0.39, 0.29) is 6.61 Å². The Morgan fingerprint density at radius 2 is 2.10 bits per heavy atom. The van der Waals surface area contributed by atoms with Crippen LogP contribution in [-0.4, -0.2) is 16.1 Å². The highest BCUT2D eigenvalue weighted by molar-refractivity contribution is 7.15. The van der Waals surface area contributed by atoms with Gasteiger partial charge in [-0.15, -0.1) is 11.3 Å². The van der Waals surface area contributed by atoms with Crippen molar-refractivity contribution in [3.63, 3.8) is 0 Å². The lowest BCUT2D eigenvalue weighted by Crippen LogP contribution is -2.29. The first-order valence-electron chi connectivity index (χ1n) is 7.46. The molecule has 1 atom stereocenters. The molecule has 2 rings (SSSR count). The molecule has 0 saturated carbocycles. The molecular formula is C16H24N2OS2. The van der Waals surface area contributed by atoms with Crippen LogP contribution in [0, 0.1) is 0 Å². The monoisotopic (exact) mass is 324 g/mol. The maximum atomic E-state index is 9.61. The standard InChI is InChI=1S/C16H24N2OS2/c1-5-12(4)15-14(10-19)21-16(17-15)18(11(2)3)9-13-7-6-8-20-13/h6-8,11-12,19H,5,9-10H2,1-4H3. The van der Waals surface area contributed by atoms with E-state index in [2.05, 4.69) is 50.1 Å². The number of nitrogens with zero attached hydrogens (tertiary/aromatic N) is 2. The topological polar surface area (TPSA) is 36.4 Å². The van der Waals surface area contributed by atoms with Gasteiger partial charge in [0.05, 0.1) is 23.7 Å². The number of rotatable bonds is 7. The Morgan fingerprint density at radius 3 is 2.62 bits per heavy atom. The molecule has 0 radical (unpaired) electrons. The van der Waals surface area contributed by atoms with Gasteiger partial charge in [-0.05, 0) is 37.6 Å². The van der Waals surface area contributed by atoms with Crippen LogP contribution in [0.15, 0.2) is 17.5 Å². The number of aromatic nitrogens is 1. The molecule has 0 bridgehead atoms. The van der Waals surface area contributed by atoms with Crippen molar-refractivity contribution in [3.05, 3.63) is 33.0 Å². The molecule has 0 aliphatic rings. The predicted molar refractivity (Wildman–Crippen MR) is 92.4 cm³/mol. The molecule has 0 aliphatic heterocycles. The Balaban J connectivity index is 2.30. The van der Waals surface area contributed by atoms with E-state index in [1.807, 2.05) is 0 Å². The summed E-state index contributed by atoms with van der Waals surface area (Å²) < 4.78 is 0. The Bertz CT molecular complexity index is 549. The SMILES string of the molecule is CCC(C)c1nc(N(Cc2cccs2)C(C)C)sc1CO. The normalized spacial score (nSPS) is 12.9. The molecule has 3 nitrogen and oxygen atoms in total. The van der Waals surface area contributed by atoms with Crippen molar-refractivity contribution in [2.75, 3.05) is 4.90 Å². The quantitative estimate of drug-likeness (QED) is 0.807. The zero-order chi connectivity index (χ0) is 15.4. The summed E-state index contributed by atoms with van der Waals surface area (Å²) in [6.07, 6.45) is 1.04. The first-order chi connectivity index (χ1) is 10.1. The van der Waals surface area contributed by atoms with E-state index in [9.17, 15) is 5.11 Å². The van der Waals surface area contributed by atoms with Gasteiger partial charge in [-0.2, -0.15) is 0 Å². The van der Waals surface area contributed by atoms with Gasteiger partial charge in [0.1, 0.15) is 0 Å². The van der Waals surface area contributed by atoms with Gasteiger partial charge in [-0.25, -0.2) is 4.98 Å². The van der Waals surface area contributed by atoms with Crippen LogP contribution in [-0.2, 0) is 13.2 Å². The summed E-state index contributed by atoms with van der Waals surface area (Å²) in [4.78, 5) is 9.52. The molecular weight excluding hydrogens is 300 g/mol. The van der Waals surface area contributed by atoms with E-state index in [1.54, 1.807) is 22.7 Å². The van der Waals surface area contributed by atoms with Gasteiger partial charge in [0.2, 0.25) is 0 Å². The largest absolute Gasteiger partial charge is 0.391 e. The Labute approximate surface area is 135 Å². The van der Waals surface area contributed by atoms with Crippen molar-refractivity contribution in [2.45, 2.75) is 59.2 Å². The number of thiophene rings is 1. The van der Waals surface area contributed by atoms with Crippen molar-refractivity contribution in [3.8, 4) is 0 Å². The van der Waals surface area contributed by atoms with Gasteiger partial charge in [-0.3, -0.25) is 0 Å². The molecule has 0 spiro atoms. The summed E-state index contributed by atoms with van der Waals surface area (Å²) in [5.41, 5.74) is 1.07. The fourth-order valence-corrected chi connectivity index (χ4v) is 4.08. The first-order valence-corrected chi connectivity index (χ1v) is 9.15. The molecule has 0 saturated heterocycles. The van der Waals surface area contributed by atoms with Crippen LogP contribution in [0.25, 0.3) is 0 Å². The summed E-state index contributed by atoms with van der Waals surface area (Å²) >= 11 is 3.41. The molecule has 2 aromatic heterocycles. The van der Waals surface area contributed by atoms with Crippen molar-refractivity contribution in [2.24, 2.45) is 0 Å².